The van der Waals surface area contributed by atoms with Gasteiger partial charge in [0.2, 0.25) is 0 Å². The van der Waals surface area contributed by atoms with Gasteiger partial charge in [-0.05, 0) is 32.4 Å². The Hall–Kier alpha value is -1.96. The molecule has 2 heteroatoms. The number of aliphatic imine (C=N–C) groups is 1. The van der Waals surface area contributed by atoms with E-state index in [-0.39, 0.29) is 0 Å². The molecule has 0 aromatic carbocycles. The van der Waals surface area contributed by atoms with E-state index in [9.17, 15) is 0 Å². The van der Waals surface area contributed by atoms with E-state index in [2.05, 4.69) is 34.3 Å². The van der Waals surface area contributed by atoms with Crippen LogP contribution in [0.4, 0.5) is 0 Å². The largest absolute Gasteiger partial charge is 0.254 e. The molecule has 17 heavy (non-hydrogen) atoms. The van der Waals surface area contributed by atoms with Gasteiger partial charge in [0.1, 0.15) is 0 Å². The van der Waals surface area contributed by atoms with Gasteiger partial charge in [0, 0.05) is 18.0 Å². The van der Waals surface area contributed by atoms with Crippen molar-refractivity contribution in [3.05, 3.63) is 59.1 Å². The lowest BCUT2D eigenvalue weighted by atomic mass is 9.96. The monoisotopic (exact) mass is 224 g/mol. The second kappa shape index (κ2) is 4.91. The van der Waals surface area contributed by atoms with E-state index in [1.807, 2.05) is 39.2 Å². The number of pyridine rings is 1. The first kappa shape index (κ1) is 11.5. The van der Waals surface area contributed by atoms with Crippen molar-refractivity contribution in [2.45, 2.75) is 20.8 Å². The number of aromatic nitrogens is 1. The molecule has 0 spiro atoms. The number of nitrogens with zero attached hydrogens (tertiary/aromatic N) is 2. The third-order valence-corrected chi connectivity index (χ3v) is 2.54. The van der Waals surface area contributed by atoms with Gasteiger partial charge in [0.15, 0.2) is 0 Å². The lowest BCUT2D eigenvalue weighted by molar-refractivity contribution is 1.25. The normalized spacial score (nSPS) is 18.3. The molecule has 0 saturated heterocycles. The average molecular weight is 224 g/mol. The first-order valence-electron chi connectivity index (χ1n) is 5.73. The smallest absolute Gasteiger partial charge is 0.0964 e. The summed E-state index contributed by atoms with van der Waals surface area (Å²) in [5.41, 5.74) is 5.33. The van der Waals surface area contributed by atoms with Crippen LogP contribution in [-0.2, 0) is 0 Å². The summed E-state index contributed by atoms with van der Waals surface area (Å²) >= 11 is 0. The van der Waals surface area contributed by atoms with Crippen LogP contribution in [0.15, 0.2) is 52.8 Å². The number of hydrogen-bond donors (Lipinski definition) is 0. The molecule has 0 fully saturated rings. The third-order valence-electron chi connectivity index (χ3n) is 2.54. The molecular weight excluding hydrogens is 208 g/mol. The van der Waals surface area contributed by atoms with Gasteiger partial charge in [0.25, 0.3) is 0 Å². The standard InChI is InChI=1S/C15H16N2/c1-4-12-7-8-13-6-5-9-16-15(13)14(12)17-10-11(2)3/h4-10H,1-3H3/b12-4-,17-14?. The molecule has 1 aromatic heterocycles. The highest BCUT2D eigenvalue weighted by atomic mass is 14.8. The van der Waals surface area contributed by atoms with Gasteiger partial charge in [-0.1, -0.05) is 29.9 Å². The predicted molar refractivity (Wildman–Crippen MR) is 73.0 cm³/mol. The minimum Gasteiger partial charge on any atom is -0.254 e. The van der Waals surface area contributed by atoms with Crippen molar-refractivity contribution < 1.29 is 0 Å². The fraction of sp³-hybridized carbons (Fsp3) is 0.200. The highest BCUT2D eigenvalue weighted by Gasteiger charge is 2.15. The summed E-state index contributed by atoms with van der Waals surface area (Å²) in [4.78, 5) is 8.97. The Balaban J connectivity index is 2.58. The van der Waals surface area contributed by atoms with Crippen molar-refractivity contribution in [1.29, 1.82) is 0 Å². The maximum atomic E-state index is 4.55. The van der Waals surface area contributed by atoms with E-state index >= 15 is 0 Å². The number of allylic oxidation sites excluding steroid dienone is 4. The molecule has 1 aliphatic carbocycles. The maximum absolute atomic E-state index is 4.55. The Morgan fingerprint density at radius 1 is 1.29 bits per heavy atom. The van der Waals surface area contributed by atoms with Gasteiger partial charge in [-0.25, -0.2) is 0 Å². The molecule has 0 unspecified atom stereocenters. The van der Waals surface area contributed by atoms with Crippen LogP contribution in [0, 0.1) is 0 Å². The van der Waals surface area contributed by atoms with Crippen LogP contribution in [0.25, 0.3) is 6.08 Å². The number of hydrogen-bond acceptors (Lipinski definition) is 2. The van der Waals surface area contributed by atoms with E-state index in [1.165, 1.54) is 5.57 Å². The van der Waals surface area contributed by atoms with Gasteiger partial charge in [-0.2, -0.15) is 0 Å². The number of fused-ring (bicyclic) bond motifs is 1. The van der Waals surface area contributed by atoms with Crippen LogP contribution >= 0.6 is 0 Å². The predicted octanol–water partition coefficient (Wildman–Crippen LogP) is 3.77. The van der Waals surface area contributed by atoms with Crippen molar-refractivity contribution >= 4 is 11.8 Å². The number of rotatable bonds is 1. The maximum Gasteiger partial charge on any atom is 0.0964 e. The van der Waals surface area contributed by atoms with E-state index in [4.69, 9.17) is 0 Å². The highest BCUT2D eigenvalue weighted by Crippen LogP contribution is 2.21. The first-order valence-corrected chi connectivity index (χ1v) is 5.73. The Kier molecular flexibility index (Phi) is 3.33. The van der Waals surface area contributed by atoms with Crippen molar-refractivity contribution in [3.8, 4) is 0 Å². The molecule has 0 atom stereocenters. The summed E-state index contributed by atoms with van der Waals surface area (Å²) in [6, 6.07) is 4.01. The zero-order chi connectivity index (χ0) is 12.3. The van der Waals surface area contributed by atoms with Gasteiger partial charge in [-0.15, -0.1) is 0 Å². The van der Waals surface area contributed by atoms with E-state index < -0.39 is 0 Å². The average Bonchev–Trinajstić information content (AvgIpc) is 2.35. The topological polar surface area (TPSA) is 25.2 Å². The van der Waals surface area contributed by atoms with Crippen LogP contribution in [-0.4, -0.2) is 10.7 Å². The Bertz CT molecular complexity index is 542. The fourth-order valence-corrected chi connectivity index (χ4v) is 1.71. The summed E-state index contributed by atoms with van der Waals surface area (Å²) in [6.07, 6.45) is 9.92. The summed E-state index contributed by atoms with van der Waals surface area (Å²) in [5, 5.41) is 0. The highest BCUT2D eigenvalue weighted by molar-refractivity contribution is 6.17. The van der Waals surface area contributed by atoms with Gasteiger partial charge in [0.05, 0.1) is 11.4 Å². The van der Waals surface area contributed by atoms with Crippen LogP contribution in [0.5, 0.6) is 0 Å². The molecule has 1 heterocycles. The molecular formula is C15H16N2. The second-order valence-corrected chi connectivity index (χ2v) is 4.20. The van der Waals surface area contributed by atoms with Crippen LogP contribution in [0.1, 0.15) is 32.0 Å². The molecule has 0 saturated carbocycles. The lowest BCUT2D eigenvalue weighted by Crippen LogP contribution is -2.11. The molecule has 2 rings (SSSR count). The van der Waals surface area contributed by atoms with Crippen molar-refractivity contribution in [1.82, 2.24) is 4.98 Å². The minimum absolute atomic E-state index is 0.951. The van der Waals surface area contributed by atoms with Crippen molar-refractivity contribution in [3.63, 3.8) is 0 Å². The minimum atomic E-state index is 0.951. The van der Waals surface area contributed by atoms with Crippen LogP contribution < -0.4 is 0 Å². The second-order valence-electron chi connectivity index (χ2n) is 4.20. The van der Waals surface area contributed by atoms with Crippen LogP contribution in [0.2, 0.25) is 0 Å². The molecule has 1 aliphatic rings. The summed E-state index contributed by atoms with van der Waals surface area (Å²) in [6.45, 7) is 6.10. The molecule has 86 valence electrons. The summed E-state index contributed by atoms with van der Waals surface area (Å²) in [5.74, 6) is 0. The molecule has 0 amide bonds. The van der Waals surface area contributed by atoms with E-state index in [0.29, 0.717) is 0 Å². The zero-order valence-electron chi connectivity index (χ0n) is 10.4. The van der Waals surface area contributed by atoms with Gasteiger partial charge in [-0.3, -0.25) is 9.98 Å². The zero-order valence-corrected chi connectivity index (χ0v) is 10.4. The summed E-state index contributed by atoms with van der Waals surface area (Å²) < 4.78 is 0. The Morgan fingerprint density at radius 2 is 2.12 bits per heavy atom. The molecule has 1 aromatic rings. The van der Waals surface area contributed by atoms with Gasteiger partial charge < -0.3 is 0 Å². The van der Waals surface area contributed by atoms with Crippen molar-refractivity contribution in [2.75, 3.05) is 0 Å². The van der Waals surface area contributed by atoms with Crippen LogP contribution in [0.3, 0.4) is 0 Å². The fourth-order valence-electron chi connectivity index (χ4n) is 1.71. The SMILES string of the molecule is C/C=C1/C=Cc2cccnc2C1=NC=C(C)C. The quantitative estimate of drug-likeness (QED) is 0.712. The first-order chi connectivity index (χ1) is 8.22. The molecule has 0 aliphatic heterocycles. The lowest BCUT2D eigenvalue weighted by Gasteiger charge is -2.13. The van der Waals surface area contributed by atoms with Crippen molar-refractivity contribution in [2.24, 2.45) is 4.99 Å². The molecule has 0 N–H and O–H groups in total. The summed E-state index contributed by atoms with van der Waals surface area (Å²) in [7, 11) is 0. The molecule has 2 nitrogen and oxygen atoms in total. The van der Waals surface area contributed by atoms with Gasteiger partial charge >= 0.3 is 0 Å². The third kappa shape index (κ3) is 2.41. The molecule has 0 bridgehead atoms. The Labute approximate surface area is 102 Å². The molecule has 0 radical (unpaired) electrons. The van der Waals surface area contributed by atoms with E-state index in [1.54, 1.807) is 0 Å². The Morgan fingerprint density at radius 3 is 2.82 bits per heavy atom. The van der Waals surface area contributed by atoms with E-state index in [0.717, 1.165) is 22.5 Å².